The molecule has 0 saturated heterocycles. The molecule has 0 aliphatic heterocycles. The van der Waals surface area contributed by atoms with E-state index >= 15 is 0 Å². The number of benzene rings is 2. The maximum Gasteiger partial charge on any atom is 0.328 e. The van der Waals surface area contributed by atoms with Crippen molar-refractivity contribution in [2.75, 3.05) is 32.4 Å². The van der Waals surface area contributed by atoms with Crippen molar-refractivity contribution in [3.05, 3.63) is 90.2 Å². The first-order valence-electron chi connectivity index (χ1n) is 13.3. The van der Waals surface area contributed by atoms with Gasteiger partial charge in [0, 0.05) is 26.2 Å². The van der Waals surface area contributed by atoms with Gasteiger partial charge in [0.1, 0.15) is 0 Å². The minimum Gasteiger partial charge on any atom is -0.317 e. The predicted octanol–water partition coefficient (Wildman–Crippen LogP) is 1.23. The Morgan fingerprint density at radius 2 is 1.17 bits per heavy atom. The molecule has 0 unspecified atom stereocenters. The van der Waals surface area contributed by atoms with Crippen LogP contribution in [0.4, 0.5) is 0 Å². The monoisotopic (exact) mass is 606 g/mol. The number of rotatable bonds is 14. The molecule has 0 aliphatic rings. The van der Waals surface area contributed by atoms with Gasteiger partial charge in [-0.2, -0.15) is 0 Å². The minimum absolute atomic E-state index is 0. The lowest BCUT2D eigenvalue weighted by atomic mass is 10.2. The summed E-state index contributed by atoms with van der Waals surface area (Å²) in [4.78, 5) is 55.3. The van der Waals surface area contributed by atoms with E-state index in [9.17, 15) is 27.6 Å². The van der Waals surface area contributed by atoms with Crippen LogP contribution < -0.4 is 27.8 Å². The lowest BCUT2D eigenvalue weighted by Gasteiger charge is -2.20. The van der Waals surface area contributed by atoms with Gasteiger partial charge in [0.2, 0.25) is 10.0 Å². The second-order valence-electron chi connectivity index (χ2n) is 9.69. The molecule has 0 radical (unpaired) electrons. The van der Waals surface area contributed by atoms with Crippen molar-refractivity contribution in [1.82, 2.24) is 28.7 Å². The Hall–Kier alpha value is -3.52. The van der Waals surface area contributed by atoms with Crippen molar-refractivity contribution >= 4 is 44.2 Å². The molecule has 0 saturated carbocycles. The molecule has 0 atom stereocenters. The number of fused-ring (bicyclic) bond motifs is 2. The SMILES string of the molecule is CS(=O)(=O)N(CCCCNCCCn1c(=O)[nH]c2ccccc2c1=O)CCCn1c(=O)[nH]c2ccccc2c1=O.Cl. The van der Waals surface area contributed by atoms with E-state index in [0.29, 0.717) is 60.7 Å². The van der Waals surface area contributed by atoms with Gasteiger partial charge in [-0.25, -0.2) is 22.3 Å². The first-order valence-corrected chi connectivity index (χ1v) is 15.1. The van der Waals surface area contributed by atoms with Crippen LogP contribution in [0.2, 0.25) is 0 Å². The third-order valence-corrected chi connectivity index (χ3v) is 8.09. The number of aromatic amines is 2. The number of unbranched alkanes of at least 4 members (excludes halogenated alkanes) is 1. The zero-order chi connectivity index (χ0) is 28.7. The predicted molar refractivity (Wildman–Crippen MR) is 163 cm³/mol. The fraction of sp³-hybridized carbons (Fsp3) is 0.407. The number of halogens is 1. The Balaban J connectivity index is 0.00000462. The molecule has 2 aromatic heterocycles. The van der Waals surface area contributed by atoms with Gasteiger partial charge in [0.25, 0.3) is 11.1 Å². The van der Waals surface area contributed by atoms with E-state index in [1.54, 1.807) is 48.5 Å². The molecule has 0 amide bonds. The van der Waals surface area contributed by atoms with Gasteiger partial charge in [-0.15, -0.1) is 12.4 Å². The largest absolute Gasteiger partial charge is 0.328 e. The molecule has 222 valence electrons. The summed E-state index contributed by atoms with van der Waals surface area (Å²) in [7, 11) is -3.46. The zero-order valence-electron chi connectivity index (χ0n) is 22.8. The Kier molecular flexibility index (Phi) is 11.2. The van der Waals surface area contributed by atoms with Crippen LogP contribution >= 0.6 is 12.4 Å². The molecule has 0 spiro atoms. The summed E-state index contributed by atoms with van der Waals surface area (Å²) in [6.45, 7) is 2.17. The Morgan fingerprint density at radius 3 is 1.71 bits per heavy atom. The molecule has 0 bridgehead atoms. The number of hydrogen-bond acceptors (Lipinski definition) is 7. The van der Waals surface area contributed by atoms with Gasteiger partial charge in [0.15, 0.2) is 0 Å². The number of para-hydroxylation sites is 2. The topological polar surface area (TPSA) is 159 Å². The van der Waals surface area contributed by atoms with Gasteiger partial charge in [0.05, 0.1) is 28.1 Å². The first-order chi connectivity index (χ1) is 19.2. The van der Waals surface area contributed by atoms with Crippen molar-refractivity contribution < 1.29 is 8.42 Å². The maximum atomic E-state index is 12.7. The molecule has 12 nitrogen and oxygen atoms in total. The second kappa shape index (κ2) is 14.4. The highest BCUT2D eigenvalue weighted by Crippen LogP contribution is 2.06. The lowest BCUT2D eigenvalue weighted by molar-refractivity contribution is 0.383. The van der Waals surface area contributed by atoms with E-state index in [4.69, 9.17) is 0 Å². The average molecular weight is 607 g/mol. The van der Waals surface area contributed by atoms with Gasteiger partial charge < -0.3 is 15.3 Å². The molecular weight excluding hydrogens is 572 g/mol. The summed E-state index contributed by atoms with van der Waals surface area (Å²) in [6.07, 6.45) is 3.41. The van der Waals surface area contributed by atoms with Crippen LogP contribution in [0.3, 0.4) is 0 Å². The van der Waals surface area contributed by atoms with Gasteiger partial charge >= 0.3 is 11.4 Å². The molecule has 4 rings (SSSR count). The highest BCUT2D eigenvalue weighted by Gasteiger charge is 2.16. The Bertz CT molecular complexity index is 1830. The van der Waals surface area contributed by atoms with Crippen molar-refractivity contribution in [3.63, 3.8) is 0 Å². The van der Waals surface area contributed by atoms with Crippen LogP contribution in [0, 0.1) is 0 Å². The highest BCUT2D eigenvalue weighted by atomic mass is 35.5. The molecule has 2 heterocycles. The summed E-state index contributed by atoms with van der Waals surface area (Å²) in [6, 6.07) is 13.7. The normalized spacial score (nSPS) is 11.8. The van der Waals surface area contributed by atoms with Crippen LogP contribution in [-0.2, 0) is 23.1 Å². The zero-order valence-corrected chi connectivity index (χ0v) is 24.4. The molecule has 0 aliphatic carbocycles. The van der Waals surface area contributed by atoms with Crippen molar-refractivity contribution in [2.45, 2.75) is 38.8 Å². The number of H-pyrrole nitrogens is 2. The minimum atomic E-state index is -3.46. The Labute approximate surface area is 242 Å². The molecule has 41 heavy (non-hydrogen) atoms. The molecule has 14 heteroatoms. The van der Waals surface area contributed by atoms with E-state index < -0.39 is 27.0 Å². The second-order valence-corrected chi connectivity index (χ2v) is 11.7. The van der Waals surface area contributed by atoms with Gasteiger partial charge in [-0.1, -0.05) is 24.3 Å². The summed E-state index contributed by atoms with van der Waals surface area (Å²) in [5, 5.41) is 4.15. The number of sulfonamides is 1. The fourth-order valence-corrected chi connectivity index (χ4v) is 5.60. The van der Waals surface area contributed by atoms with Gasteiger partial charge in [-0.3, -0.25) is 18.7 Å². The smallest absolute Gasteiger partial charge is 0.317 e. The summed E-state index contributed by atoms with van der Waals surface area (Å²) >= 11 is 0. The number of nitrogens with zero attached hydrogens (tertiary/aromatic N) is 3. The Morgan fingerprint density at radius 1 is 0.707 bits per heavy atom. The maximum absolute atomic E-state index is 12.7. The van der Waals surface area contributed by atoms with E-state index in [2.05, 4.69) is 15.3 Å². The van der Waals surface area contributed by atoms with Crippen molar-refractivity contribution in [3.8, 4) is 0 Å². The lowest BCUT2D eigenvalue weighted by Crippen LogP contribution is -2.37. The van der Waals surface area contributed by atoms with E-state index in [1.807, 2.05) is 0 Å². The van der Waals surface area contributed by atoms with E-state index in [1.165, 1.54) is 8.87 Å². The molecule has 0 fully saturated rings. The third kappa shape index (κ3) is 8.03. The third-order valence-electron chi connectivity index (χ3n) is 6.78. The molecular formula is C27H35ClN6O6S. The summed E-state index contributed by atoms with van der Waals surface area (Å²) in [5.41, 5.74) is -0.667. The van der Waals surface area contributed by atoms with Crippen LogP contribution in [0.1, 0.15) is 25.7 Å². The molecule has 2 aromatic carbocycles. The van der Waals surface area contributed by atoms with E-state index in [-0.39, 0.29) is 37.6 Å². The quantitative estimate of drug-likeness (QED) is 0.182. The number of hydrogen-bond donors (Lipinski definition) is 3. The summed E-state index contributed by atoms with van der Waals surface area (Å²) in [5.74, 6) is 0. The summed E-state index contributed by atoms with van der Waals surface area (Å²) < 4.78 is 28.2. The molecule has 4 aromatic rings. The van der Waals surface area contributed by atoms with E-state index in [0.717, 1.165) is 17.2 Å². The first kappa shape index (κ1) is 32.0. The fourth-order valence-electron chi connectivity index (χ4n) is 4.68. The standard InChI is InChI=1S/C27H34N6O6S.ClH/c1-40(38,39)31(17-9-19-33-25(35)21-11-3-5-13-23(21)30-27(33)37)16-7-6-14-28-15-8-18-32-24(34)20-10-2-4-12-22(20)29-26(32)36;/h2-5,10-13,28H,6-9,14-19H2,1H3,(H,29,36)(H,30,37);1H. The van der Waals surface area contributed by atoms with Crippen LogP contribution in [0.25, 0.3) is 21.8 Å². The number of nitrogens with one attached hydrogen (secondary N) is 3. The van der Waals surface area contributed by atoms with Crippen molar-refractivity contribution in [1.29, 1.82) is 0 Å². The van der Waals surface area contributed by atoms with Crippen LogP contribution in [-0.4, -0.2) is 64.3 Å². The van der Waals surface area contributed by atoms with Crippen LogP contribution in [0.5, 0.6) is 0 Å². The van der Waals surface area contributed by atoms with Crippen molar-refractivity contribution in [2.24, 2.45) is 0 Å². The highest BCUT2D eigenvalue weighted by molar-refractivity contribution is 7.88. The average Bonchev–Trinajstić information content (AvgIpc) is 2.91. The number of aromatic nitrogens is 4. The van der Waals surface area contributed by atoms with Crippen LogP contribution in [0.15, 0.2) is 67.7 Å². The van der Waals surface area contributed by atoms with Gasteiger partial charge in [-0.05, 0) is 63.0 Å². The molecule has 3 N–H and O–H groups in total.